The van der Waals surface area contributed by atoms with Crippen LogP contribution in [0.4, 0.5) is 5.69 Å². The van der Waals surface area contributed by atoms with Crippen molar-refractivity contribution in [2.45, 2.75) is 20.3 Å². The van der Waals surface area contributed by atoms with Gasteiger partial charge in [0.1, 0.15) is 0 Å². The fraction of sp³-hybridized carbons (Fsp3) is 0.333. The summed E-state index contributed by atoms with van der Waals surface area (Å²) in [4.78, 5) is 1.33. The number of rotatable bonds is 5. The lowest BCUT2D eigenvalue weighted by molar-refractivity contribution is 0.593. The minimum absolute atomic E-state index is 0.714. The molecule has 0 bridgehead atoms. The van der Waals surface area contributed by atoms with Gasteiger partial charge in [0.05, 0.1) is 0 Å². The molecule has 90 valence electrons. The highest BCUT2D eigenvalue weighted by Crippen LogP contribution is 2.31. The van der Waals surface area contributed by atoms with Gasteiger partial charge >= 0.3 is 0 Å². The average Bonchev–Trinajstić information content (AvgIpc) is 2.90. The molecular formula is C15H19NS. The molecule has 17 heavy (non-hydrogen) atoms. The predicted molar refractivity (Wildman–Crippen MR) is 77.7 cm³/mol. The Morgan fingerprint density at radius 1 is 1.18 bits per heavy atom. The second-order valence-corrected chi connectivity index (χ2v) is 5.36. The molecular weight excluding hydrogens is 226 g/mol. The summed E-state index contributed by atoms with van der Waals surface area (Å²) < 4.78 is 0. The van der Waals surface area contributed by atoms with Crippen LogP contribution in [0.1, 0.15) is 20.3 Å². The van der Waals surface area contributed by atoms with Gasteiger partial charge in [0, 0.05) is 22.7 Å². The highest BCUT2D eigenvalue weighted by atomic mass is 32.1. The van der Waals surface area contributed by atoms with E-state index in [9.17, 15) is 0 Å². The number of hydrogen-bond acceptors (Lipinski definition) is 2. The van der Waals surface area contributed by atoms with Crippen molar-refractivity contribution in [1.82, 2.24) is 0 Å². The van der Waals surface area contributed by atoms with Gasteiger partial charge in [-0.05, 0) is 23.4 Å². The van der Waals surface area contributed by atoms with Crippen molar-refractivity contribution in [3.05, 3.63) is 41.8 Å². The third-order valence-corrected chi connectivity index (χ3v) is 3.95. The van der Waals surface area contributed by atoms with E-state index in [-0.39, 0.29) is 0 Å². The lowest BCUT2D eigenvalue weighted by atomic mass is 10.1. The molecule has 1 N–H and O–H groups in total. The predicted octanol–water partition coefficient (Wildman–Crippen LogP) is 4.87. The van der Waals surface area contributed by atoms with Gasteiger partial charge in [0.15, 0.2) is 0 Å². The summed E-state index contributed by atoms with van der Waals surface area (Å²) in [6.07, 6.45) is 1.22. The van der Waals surface area contributed by atoms with E-state index in [1.807, 2.05) is 0 Å². The number of thiophene rings is 1. The number of hydrogen-bond donors (Lipinski definition) is 1. The monoisotopic (exact) mass is 245 g/mol. The topological polar surface area (TPSA) is 12.0 Å². The highest BCUT2D eigenvalue weighted by molar-refractivity contribution is 7.13. The van der Waals surface area contributed by atoms with Gasteiger partial charge in [-0.15, -0.1) is 11.3 Å². The molecule has 0 aliphatic heterocycles. The Kier molecular flexibility index (Phi) is 4.21. The highest BCUT2D eigenvalue weighted by Gasteiger charge is 2.06. The van der Waals surface area contributed by atoms with Crippen LogP contribution in [-0.4, -0.2) is 6.54 Å². The number of anilines is 1. The molecule has 1 atom stereocenters. The van der Waals surface area contributed by atoms with Crippen LogP contribution in [0.2, 0.25) is 0 Å². The van der Waals surface area contributed by atoms with Crippen molar-refractivity contribution < 1.29 is 0 Å². The first-order valence-electron chi connectivity index (χ1n) is 6.18. The third-order valence-electron chi connectivity index (χ3n) is 3.05. The maximum Gasteiger partial charge on any atom is 0.0428 e. The molecule has 1 nitrogen and oxygen atoms in total. The van der Waals surface area contributed by atoms with Gasteiger partial charge < -0.3 is 5.32 Å². The van der Waals surface area contributed by atoms with Gasteiger partial charge in [0.2, 0.25) is 0 Å². The molecule has 0 fully saturated rings. The molecule has 0 saturated heterocycles. The summed E-state index contributed by atoms with van der Waals surface area (Å²) in [5.74, 6) is 0.714. The Morgan fingerprint density at radius 3 is 2.71 bits per heavy atom. The molecule has 2 aromatic rings. The van der Waals surface area contributed by atoms with E-state index in [4.69, 9.17) is 0 Å². The summed E-state index contributed by atoms with van der Waals surface area (Å²) in [6, 6.07) is 12.8. The maximum atomic E-state index is 3.56. The minimum Gasteiger partial charge on any atom is -0.384 e. The quantitative estimate of drug-likeness (QED) is 0.792. The van der Waals surface area contributed by atoms with Gasteiger partial charge in [-0.25, -0.2) is 0 Å². The smallest absolute Gasteiger partial charge is 0.0428 e. The standard InChI is InChI=1S/C15H19NS/c1-3-12(2)11-16-14-8-5-4-7-13(14)15-9-6-10-17-15/h4-10,12,16H,3,11H2,1-2H3. The summed E-state index contributed by atoms with van der Waals surface area (Å²) >= 11 is 1.79. The number of benzene rings is 1. The van der Waals surface area contributed by atoms with E-state index in [1.54, 1.807) is 11.3 Å². The van der Waals surface area contributed by atoms with Crippen LogP contribution in [0.3, 0.4) is 0 Å². The fourth-order valence-electron chi connectivity index (χ4n) is 1.71. The molecule has 0 saturated carbocycles. The largest absolute Gasteiger partial charge is 0.384 e. The van der Waals surface area contributed by atoms with Gasteiger partial charge in [0.25, 0.3) is 0 Å². The van der Waals surface area contributed by atoms with Crippen LogP contribution < -0.4 is 5.32 Å². The Bertz CT molecular complexity index is 448. The Morgan fingerprint density at radius 2 is 2.00 bits per heavy atom. The average molecular weight is 245 g/mol. The van der Waals surface area contributed by atoms with E-state index in [0.717, 1.165) is 6.54 Å². The molecule has 1 aromatic heterocycles. The van der Waals surface area contributed by atoms with Gasteiger partial charge in [-0.3, -0.25) is 0 Å². The summed E-state index contributed by atoms with van der Waals surface area (Å²) in [7, 11) is 0. The second kappa shape index (κ2) is 5.87. The minimum atomic E-state index is 0.714. The van der Waals surface area contributed by atoms with Crippen molar-refractivity contribution in [2.75, 3.05) is 11.9 Å². The van der Waals surface area contributed by atoms with E-state index in [2.05, 4.69) is 60.9 Å². The van der Waals surface area contributed by atoms with Crippen LogP contribution >= 0.6 is 11.3 Å². The summed E-state index contributed by atoms with van der Waals surface area (Å²) in [5, 5.41) is 5.68. The Balaban J connectivity index is 2.17. The van der Waals surface area contributed by atoms with Crippen LogP contribution in [0.25, 0.3) is 10.4 Å². The van der Waals surface area contributed by atoms with Crippen molar-refractivity contribution in [2.24, 2.45) is 5.92 Å². The van der Waals surface area contributed by atoms with E-state index in [1.165, 1.54) is 22.5 Å². The van der Waals surface area contributed by atoms with Crippen LogP contribution in [-0.2, 0) is 0 Å². The number of nitrogens with one attached hydrogen (secondary N) is 1. The van der Waals surface area contributed by atoms with Gasteiger partial charge in [-0.2, -0.15) is 0 Å². The van der Waals surface area contributed by atoms with Crippen LogP contribution in [0.15, 0.2) is 41.8 Å². The first kappa shape index (κ1) is 12.2. The normalized spacial score (nSPS) is 12.4. The molecule has 1 heterocycles. The lowest BCUT2D eigenvalue weighted by Crippen LogP contribution is -2.10. The first-order valence-corrected chi connectivity index (χ1v) is 7.06. The van der Waals surface area contributed by atoms with Crippen molar-refractivity contribution >= 4 is 17.0 Å². The Labute approximate surface area is 108 Å². The number of para-hydroxylation sites is 1. The SMILES string of the molecule is CCC(C)CNc1ccccc1-c1cccs1. The lowest BCUT2D eigenvalue weighted by Gasteiger charge is -2.14. The molecule has 0 aliphatic rings. The van der Waals surface area contributed by atoms with Crippen LogP contribution in [0, 0.1) is 5.92 Å². The molecule has 1 aromatic carbocycles. The summed E-state index contributed by atoms with van der Waals surface area (Å²) in [5.41, 5.74) is 2.56. The fourth-order valence-corrected chi connectivity index (χ4v) is 2.48. The molecule has 0 aliphatic carbocycles. The zero-order chi connectivity index (χ0) is 12.1. The van der Waals surface area contributed by atoms with E-state index in [0.29, 0.717) is 5.92 Å². The second-order valence-electron chi connectivity index (χ2n) is 4.42. The molecule has 1 unspecified atom stereocenters. The first-order chi connectivity index (χ1) is 8.31. The molecule has 0 spiro atoms. The zero-order valence-corrected chi connectivity index (χ0v) is 11.3. The van der Waals surface area contributed by atoms with Crippen LogP contribution in [0.5, 0.6) is 0 Å². The molecule has 2 heteroatoms. The maximum absolute atomic E-state index is 3.56. The van der Waals surface area contributed by atoms with Crippen molar-refractivity contribution in [3.8, 4) is 10.4 Å². The third kappa shape index (κ3) is 3.10. The zero-order valence-electron chi connectivity index (χ0n) is 10.4. The van der Waals surface area contributed by atoms with E-state index < -0.39 is 0 Å². The molecule has 0 amide bonds. The molecule has 0 radical (unpaired) electrons. The van der Waals surface area contributed by atoms with E-state index >= 15 is 0 Å². The molecule has 2 rings (SSSR count). The van der Waals surface area contributed by atoms with Crippen molar-refractivity contribution in [1.29, 1.82) is 0 Å². The van der Waals surface area contributed by atoms with Crippen molar-refractivity contribution in [3.63, 3.8) is 0 Å². The summed E-state index contributed by atoms with van der Waals surface area (Å²) in [6.45, 7) is 5.55. The van der Waals surface area contributed by atoms with Gasteiger partial charge in [-0.1, -0.05) is 44.5 Å². The Hall–Kier alpha value is -1.28.